The van der Waals surface area contributed by atoms with Gasteiger partial charge in [-0.05, 0) is 12.0 Å². The molecule has 3 heteroatoms. The van der Waals surface area contributed by atoms with Crippen LogP contribution >= 0.6 is 0 Å². The normalized spacial score (nSPS) is 10.9. The van der Waals surface area contributed by atoms with Crippen LogP contribution in [0.5, 0.6) is 0 Å². The van der Waals surface area contributed by atoms with Crippen molar-refractivity contribution in [3.8, 4) is 0 Å². The lowest BCUT2D eigenvalue weighted by Crippen LogP contribution is -2.03. The third kappa shape index (κ3) is 3.42. The molecule has 14 heavy (non-hydrogen) atoms. The maximum absolute atomic E-state index is 13.1. The summed E-state index contributed by atoms with van der Waals surface area (Å²) in [5, 5.41) is 0. The minimum atomic E-state index is -0.560. The zero-order chi connectivity index (χ0) is 10.6. The lowest BCUT2D eigenvalue weighted by atomic mass is 10.2. The fraction of sp³-hybridized carbons (Fsp3) is 0.455. The molecule has 0 saturated carbocycles. The van der Waals surface area contributed by atoms with E-state index in [9.17, 15) is 8.78 Å². The second kappa shape index (κ2) is 5.05. The molecule has 0 bridgehead atoms. The highest BCUT2D eigenvalue weighted by Crippen LogP contribution is 2.11. The molecule has 0 amide bonds. The fourth-order valence-electron chi connectivity index (χ4n) is 1.04. The summed E-state index contributed by atoms with van der Waals surface area (Å²) in [6, 6.07) is 3.51. The largest absolute Gasteiger partial charge is 0.376 e. The van der Waals surface area contributed by atoms with Gasteiger partial charge in [-0.1, -0.05) is 19.9 Å². The van der Waals surface area contributed by atoms with E-state index >= 15 is 0 Å². The average Bonchev–Trinajstić information content (AvgIpc) is 2.08. The van der Waals surface area contributed by atoms with E-state index in [-0.39, 0.29) is 6.61 Å². The van der Waals surface area contributed by atoms with Gasteiger partial charge < -0.3 is 4.74 Å². The molecule has 0 N–H and O–H groups in total. The molecule has 0 saturated heterocycles. The molecule has 1 rings (SSSR count). The van der Waals surface area contributed by atoms with Gasteiger partial charge in [-0.15, -0.1) is 0 Å². The Morgan fingerprint density at radius 3 is 2.57 bits per heavy atom. The predicted molar refractivity (Wildman–Crippen MR) is 50.9 cm³/mol. The van der Waals surface area contributed by atoms with Crippen LogP contribution in [-0.2, 0) is 11.3 Å². The summed E-state index contributed by atoms with van der Waals surface area (Å²) in [6.07, 6.45) is 0. The van der Waals surface area contributed by atoms with E-state index in [4.69, 9.17) is 4.74 Å². The van der Waals surface area contributed by atoms with E-state index in [2.05, 4.69) is 0 Å². The molecule has 1 nitrogen and oxygen atoms in total. The Hall–Kier alpha value is -0.960. The van der Waals surface area contributed by atoms with Crippen LogP contribution in [0.3, 0.4) is 0 Å². The molecule has 0 fully saturated rings. The summed E-state index contributed by atoms with van der Waals surface area (Å²) in [5.74, 6) is -0.692. The first-order valence-electron chi connectivity index (χ1n) is 4.61. The number of hydrogen-bond acceptors (Lipinski definition) is 1. The van der Waals surface area contributed by atoms with Crippen LogP contribution in [-0.4, -0.2) is 6.61 Å². The van der Waals surface area contributed by atoms with Crippen molar-refractivity contribution in [1.82, 2.24) is 0 Å². The summed E-state index contributed by atoms with van der Waals surface area (Å²) in [4.78, 5) is 0. The molecule has 0 atom stereocenters. The molecule has 0 spiro atoms. The Balaban J connectivity index is 2.51. The Morgan fingerprint density at radius 2 is 2.00 bits per heavy atom. The average molecular weight is 200 g/mol. The monoisotopic (exact) mass is 200 g/mol. The summed E-state index contributed by atoms with van der Waals surface area (Å²) < 4.78 is 30.8. The van der Waals surface area contributed by atoms with Gasteiger partial charge in [-0.25, -0.2) is 8.78 Å². The van der Waals surface area contributed by atoms with Gasteiger partial charge in [-0.2, -0.15) is 0 Å². The standard InChI is InChI=1S/C11H14F2O/c1-8(2)6-14-7-9-3-4-10(12)5-11(9)13/h3-5,8H,6-7H2,1-2H3. The minimum Gasteiger partial charge on any atom is -0.376 e. The van der Waals surface area contributed by atoms with Crippen molar-refractivity contribution in [2.45, 2.75) is 20.5 Å². The van der Waals surface area contributed by atoms with Crippen LogP contribution in [0, 0.1) is 17.6 Å². The predicted octanol–water partition coefficient (Wildman–Crippen LogP) is 3.14. The first kappa shape index (κ1) is 11.1. The summed E-state index contributed by atoms with van der Waals surface area (Å²) >= 11 is 0. The molecular formula is C11H14F2O. The summed E-state index contributed by atoms with van der Waals surface area (Å²) in [7, 11) is 0. The molecule has 78 valence electrons. The van der Waals surface area contributed by atoms with Gasteiger partial charge in [0, 0.05) is 18.2 Å². The number of ether oxygens (including phenoxy) is 1. The molecule has 0 aliphatic carbocycles. The number of rotatable bonds is 4. The second-order valence-electron chi connectivity index (χ2n) is 3.64. The molecule has 0 aromatic heterocycles. The minimum absolute atomic E-state index is 0.199. The highest BCUT2D eigenvalue weighted by Gasteiger charge is 2.03. The Labute approximate surface area is 82.7 Å². The van der Waals surface area contributed by atoms with E-state index in [1.165, 1.54) is 12.1 Å². The zero-order valence-corrected chi connectivity index (χ0v) is 8.39. The van der Waals surface area contributed by atoms with Gasteiger partial charge in [-0.3, -0.25) is 0 Å². The van der Waals surface area contributed by atoms with E-state index in [0.717, 1.165) is 6.07 Å². The van der Waals surface area contributed by atoms with E-state index in [0.29, 0.717) is 18.1 Å². The third-order valence-corrected chi connectivity index (χ3v) is 1.72. The lowest BCUT2D eigenvalue weighted by Gasteiger charge is -2.07. The van der Waals surface area contributed by atoms with Crippen LogP contribution in [0.2, 0.25) is 0 Å². The molecule has 0 radical (unpaired) electrons. The fourth-order valence-corrected chi connectivity index (χ4v) is 1.04. The maximum Gasteiger partial charge on any atom is 0.131 e. The van der Waals surface area contributed by atoms with Crippen molar-refractivity contribution < 1.29 is 13.5 Å². The molecular weight excluding hydrogens is 186 g/mol. The van der Waals surface area contributed by atoms with E-state index in [1.54, 1.807) is 0 Å². The second-order valence-corrected chi connectivity index (χ2v) is 3.64. The van der Waals surface area contributed by atoms with Crippen molar-refractivity contribution >= 4 is 0 Å². The van der Waals surface area contributed by atoms with Crippen molar-refractivity contribution in [1.29, 1.82) is 0 Å². The summed E-state index contributed by atoms with van der Waals surface area (Å²) in [6.45, 7) is 4.81. The van der Waals surface area contributed by atoms with Crippen molar-refractivity contribution in [2.24, 2.45) is 5.92 Å². The molecule has 0 aliphatic heterocycles. The quantitative estimate of drug-likeness (QED) is 0.725. The van der Waals surface area contributed by atoms with E-state index in [1.807, 2.05) is 13.8 Å². The van der Waals surface area contributed by atoms with Crippen molar-refractivity contribution in [3.63, 3.8) is 0 Å². The van der Waals surface area contributed by atoms with Gasteiger partial charge in [0.2, 0.25) is 0 Å². The SMILES string of the molecule is CC(C)COCc1ccc(F)cc1F. The van der Waals surface area contributed by atoms with Crippen LogP contribution < -0.4 is 0 Å². The Morgan fingerprint density at radius 1 is 1.29 bits per heavy atom. The van der Waals surface area contributed by atoms with Crippen LogP contribution in [0.1, 0.15) is 19.4 Å². The van der Waals surface area contributed by atoms with Crippen molar-refractivity contribution in [2.75, 3.05) is 6.61 Å². The van der Waals surface area contributed by atoms with Gasteiger partial charge in [0.05, 0.1) is 6.61 Å². The van der Waals surface area contributed by atoms with Gasteiger partial charge in [0.15, 0.2) is 0 Å². The van der Waals surface area contributed by atoms with E-state index < -0.39 is 11.6 Å². The first-order chi connectivity index (χ1) is 6.59. The van der Waals surface area contributed by atoms with Gasteiger partial charge in [0.1, 0.15) is 11.6 Å². The van der Waals surface area contributed by atoms with Crippen LogP contribution in [0.15, 0.2) is 18.2 Å². The first-order valence-corrected chi connectivity index (χ1v) is 4.61. The zero-order valence-electron chi connectivity index (χ0n) is 8.39. The van der Waals surface area contributed by atoms with Gasteiger partial charge in [0.25, 0.3) is 0 Å². The third-order valence-electron chi connectivity index (χ3n) is 1.72. The highest BCUT2D eigenvalue weighted by molar-refractivity contribution is 5.17. The smallest absolute Gasteiger partial charge is 0.131 e. The van der Waals surface area contributed by atoms with Crippen LogP contribution in [0.4, 0.5) is 8.78 Å². The van der Waals surface area contributed by atoms with Crippen molar-refractivity contribution in [3.05, 3.63) is 35.4 Å². The molecule has 1 aromatic carbocycles. The number of hydrogen-bond donors (Lipinski definition) is 0. The number of benzene rings is 1. The molecule has 1 aromatic rings. The lowest BCUT2D eigenvalue weighted by molar-refractivity contribution is 0.0950. The molecule has 0 heterocycles. The Kier molecular flexibility index (Phi) is 4.01. The summed E-state index contributed by atoms with van der Waals surface area (Å²) in [5.41, 5.74) is 0.395. The van der Waals surface area contributed by atoms with Crippen LogP contribution in [0.25, 0.3) is 0 Å². The molecule has 0 aliphatic rings. The maximum atomic E-state index is 13.1. The highest BCUT2D eigenvalue weighted by atomic mass is 19.1. The molecule has 0 unspecified atom stereocenters. The van der Waals surface area contributed by atoms with Gasteiger partial charge >= 0.3 is 0 Å². The number of halogens is 2. The topological polar surface area (TPSA) is 9.23 Å². The Bertz CT molecular complexity index is 297.